The molecule has 2 aromatic heterocycles. The zero-order valence-corrected chi connectivity index (χ0v) is 10.4. The number of aromatic nitrogens is 4. The Kier molecular flexibility index (Phi) is 2.26. The fourth-order valence-corrected chi connectivity index (χ4v) is 2.11. The Morgan fingerprint density at radius 2 is 2.00 bits per heavy atom. The Morgan fingerprint density at radius 1 is 1.18 bits per heavy atom. The third-order valence-electron chi connectivity index (χ3n) is 2.85. The van der Waals surface area contributed by atoms with Crippen LogP contribution in [0.5, 0.6) is 0 Å². The molecule has 0 aliphatic carbocycles. The molecule has 17 heavy (non-hydrogen) atoms. The molecule has 5 heteroatoms. The van der Waals surface area contributed by atoms with Crippen LogP contribution in [0.15, 0.2) is 18.2 Å². The number of rotatable bonds is 1. The van der Waals surface area contributed by atoms with Crippen molar-refractivity contribution < 1.29 is 0 Å². The van der Waals surface area contributed by atoms with Crippen molar-refractivity contribution in [3.63, 3.8) is 0 Å². The summed E-state index contributed by atoms with van der Waals surface area (Å²) in [5.74, 6) is 0.987. The lowest BCUT2D eigenvalue weighted by Crippen LogP contribution is -1.96. The van der Waals surface area contributed by atoms with Gasteiger partial charge in [0, 0.05) is 18.5 Å². The van der Waals surface area contributed by atoms with E-state index in [-0.39, 0.29) is 0 Å². The summed E-state index contributed by atoms with van der Waals surface area (Å²) in [7, 11) is 1.96. The molecule has 1 aromatic carbocycles. The standard InChI is InChI=1S/C12H11ClN4/c1-3-10-16-11-12(17(10)2)15-8-5-4-7(13)6-9(8)14-11/h4-6H,3H2,1-2H3. The van der Waals surface area contributed by atoms with Crippen molar-refractivity contribution in [3.05, 3.63) is 29.0 Å². The molecular weight excluding hydrogens is 236 g/mol. The molecule has 0 N–H and O–H groups in total. The second kappa shape index (κ2) is 3.67. The van der Waals surface area contributed by atoms with E-state index in [1.165, 1.54) is 0 Å². The van der Waals surface area contributed by atoms with E-state index >= 15 is 0 Å². The van der Waals surface area contributed by atoms with Gasteiger partial charge in [0.25, 0.3) is 0 Å². The summed E-state index contributed by atoms with van der Waals surface area (Å²) in [4.78, 5) is 13.5. The van der Waals surface area contributed by atoms with E-state index in [1.807, 2.05) is 29.8 Å². The van der Waals surface area contributed by atoms with Gasteiger partial charge < -0.3 is 4.57 Å². The van der Waals surface area contributed by atoms with Crippen LogP contribution < -0.4 is 0 Å². The molecule has 0 bridgehead atoms. The van der Waals surface area contributed by atoms with E-state index in [2.05, 4.69) is 21.9 Å². The number of hydrogen-bond acceptors (Lipinski definition) is 3. The van der Waals surface area contributed by atoms with E-state index in [0.29, 0.717) is 10.7 Å². The average molecular weight is 247 g/mol. The van der Waals surface area contributed by atoms with Crippen molar-refractivity contribution in [2.75, 3.05) is 0 Å². The minimum atomic E-state index is 0.665. The van der Waals surface area contributed by atoms with Gasteiger partial charge in [0.15, 0.2) is 11.3 Å². The molecule has 0 unspecified atom stereocenters. The largest absolute Gasteiger partial charge is 0.314 e. The number of halogens is 1. The van der Waals surface area contributed by atoms with Gasteiger partial charge in [-0.2, -0.15) is 0 Å². The van der Waals surface area contributed by atoms with Gasteiger partial charge in [-0.15, -0.1) is 0 Å². The van der Waals surface area contributed by atoms with Crippen molar-refractivity contribution >= 4 is 33.9 Å². The molecule has 0 atom stereocenters. The second-order valence-corrected chi connectivity index (χ2v) is 4.38. The lowest BCUT2D eigenvalue weighted by Gasteiger charge is -1.99. The first-order valence-electron chi connectivity index (χ1n) is 5.47. The molecule has 0 fully saturated rings. The zero-order chi connectivity index (χ0) is 12.0. The van der Waals surface area contributed by atoms with E-state index in [0.717, 1.165) is 28.9 Å². The van der Waals surface area contributed by atoms with Gasteiger partial charge in [0.05, 0.1) is 11.0 Å². The molecule has 0 aliphatic heterocycles. The Labute approximate surface area is 103 Å². The predicted octanol–water partition coefficient (Wildman–Crippen LogP) is 2.73. The molecular formula is C12H11ClN4. The number of fused-ring (bicyclic) bond motifs is 2. The highest BCUT2D eigenvalue weighted by atomic mass is 35.5. The van der Waals surface area contributed by atoms with Crippen LogP contribution in [0, 0.1) is 0 Å². The maximum atomic E-state index is 5.94. The lowest BCUT2D eigenvalue weighted by atomic mass is 10.3. The van der Waals surface area contributed by atoms with Gasteiger partial charge in [-0.25, -0.2) is 15.0 Å². The third kappa shape index (κ3) is 1.56. The van der Waals surface area contributed by atoms with Crippen molar-refractivity contribution in [1.29, 1.82) is 0 Å². The first kappa shape index (κ1) is 10.5. The first-order chi connectivity index (χ1) is 8.19. The van der Waals surface area contributed by atoms with Gasteiger partial charge in [-0.05, 0) is 18.2 Å². The van der Waals surface area contributed by atoms with E-state index < -0.39 is 0 Å². The maximum Gasteiger partial charge on any atom is 0.198 e. The molecule has 0 spiro atoms. The average Bonchev–Trinajstić information content (AvgIpc) is 2.63. The molecule has 0 amide bonds. The van der Waals surface area contributed by atoms with Gasteiger partial charge in [-0.1, -0.05) is 18.5 Å². The molecule has 3 aromatic rings. The highest BCUT2D eigenvalue weighted by Crippen LogP contribution is 2.19. The Hall–Kier alpha value is -1.68. The van der Waals surface area contributed by atoms with Crippen LogP contribution in [0.2, 0.25) is 5.02 Å². The van der Waals surface area contributed by atoms with Gasteiger partial charge >= 0.3 is 0 Å². The third-order valence-corrected chi connectivity index (χ3v) is 3.08. The molecule has 86 valence electrons. The Balaban J connectivity index is 2.41. The summed E-state index contributed by atoms with van der Waals surface area (Å²) in [6.07, 6.45) is 0.867. The van der Waals surface area contributed by atoms with Crippen LogP contribution in [-0.4, -0.2) is 19.5 Å². The van der Waals surface area contributed by atoms with Crippen LogP contribution in [-0.2, 0) is 13.5 Å². The highest BCUT2D eigenvalue weighted by molar-refractivity contribution is 6.31. The van der Waals surface area contributed by atoms with Gasteiger partial charge in [0.1, 0.15) is 5.82 Å². The fourth-order valence-electron chi connectivity index (χ4n) is 1.94. The van der Waals surface area contributed by atoms with Crippen LogP contribution in [0.1, 0.15) is 12.7 Å². The Bertz CT molecular complexity index is 717. The molecule has 2 heterocycles. The molecule has 0 saturated heterocycles. The zero-order valence-electron chi connectivity index (χ0n) is 9.61. The Morgan fingerprint density at radius 3 is 2.76 bits per heavy atom. The fraction of sp³-hybridized carbons (Fsp3) is 0.250. The van der Waals surface area contributed by atoms with Crippen LogP contribution >= 0.6 is 11.6 Å². The number of hydrogen-bond donors (Lipinski definition) is 0. The van der Waals surface area contributed by atoms with E-state index in [9.17, 15) is 0 Å². The van der Waals surface area contributed by atoms with Crippen LogP contribution in [0.3, 0.4) is 0 Å². The van der Waals surface area contributed by atoms with Crippen molar-refractivity contribution in [2.24, 2.45) is 7.05 Å². The highest BCUT2D eigenvalue weighted by Gasteiger charge is 2.10. The molecule has 0 radical (unpaired) electrons. The minimum absolute atomic E-state index is 0.665. The number of aryl methyl sites for hydroxylation is 2. The first-order valence-corrected chi connectivity index (χ1v) is 5.85. The molecule has 0 saturated carbocycles. The predicted molar refractivity (Wildman–Crippen MR) is 68.2 cm³/mol. The summed E-state index contributed by atoms with van der Waals surface area (Å²) in [6.45, 7) is 2.07. The molecule has 3 rings (SSSR count). The molecule has 4 nitrogen and oxygen atoms in total. The van der Waals surface area contributed by atoms with E-state index in [1.54, 1.807) is 0 Å². The number of benzene rings is 1. The van der Waals surface area contributed by atoms with Crippen molar-refractivity contribution in [3.8, 4) is 0 Å². The smallest absolute Gasteiger partial charge is 0.198 e. The number of imidazole rings is 1. The normalized spacial score (nSPS) is 11.5. The second-order valence-electron chi connectivity index (χ2n) is 3.94. The summed E-state index contributed by atoms with van der Waals surface area (Å²) in [5.41, 5.74) is 3.12. The van der Waals surface area contributed by atoms with Crippen molar-refractivity contribution in [1.82, 2.24) is 19.5 Å². The van der Waals surface area contributed by atoms with Gasteiger partial charge in [0.2, 0.25) is 0 Å². The maximum absolute atomic E-state index is 5.94. The monoisotopic (exact) mass is 246 g/mol. The minimum Gasteiger partial charge on any atom is -0.314 e. The topological polar surface area (TPSA) is 43.6 Å². The van der Waals surface area contributed by atoms with Gasteiger partial charge in [-0.3, -0.25) is 0 Å². The molecule has 0 aliphatic rings. The quantitative estimate of drug-likeness (QED) is 0.663. The van der Waals surface area contributed by atoms with Crippen LogP contribution in [0.25, 0.3) is 22.3 Å². The van der Waals surface area contributed by atoms with E-state index in [4.69, 9.17) is 11.6 Å². The summed E-state index contributed by atoms with van der Waals surface area (Å²) < 4.78 is 1.98. The summed E-state index contributed by atoms with van der Waals surface area (Å²) in [6, 6.07) is 5.51. The van der Waals surface area contributed by atoms with Crippen LogP contribution in [0.4, 0.5) is 0 Å². The summed E-state index contributed by atoms with van der Waals surface area (Å²) >= 11 is 5.94. The SMILES string of the molecule is CCc1nc2nc3cc(Cl)ccc3nc2n1C. The number of nitrogens with zero attached hydrogens (tertiary/aromatic N) is 4. The lowest BCUT2D eigenvalue weighted by molar-refractivity contribution is 0.822. The van der Waals surface area contributed by atoms with Crippen molar-refractivity contribution in [2.45, 2.75) is 13.3 Å². The summed E-state index contributed by atoms with van der Waals surface area (Å²) in [5, 5.41) is 0.665.